The molecule has 3 aromatic carbocycles. The van der Waals surface area contributed by atoms with Crippen molar-refractivity contribution in [2.45, 2.75) is 38.5 Å². The van der Waals surface area contributed by atoms with Gasteiger partial charge >= 0.3 is 0 Å². The van der Waals surface area contributed by atoms with E-state index in [1.54, 1.807) is 0 Å². The number of fused-ring (bicyclic) bond motifs is 1. The van der Waals surface area contributed by atoms with Crippen LogP contribution in [0.4, 0.5) is 0 Å². The third-order valence-corrected chi connectivity index (χ3v) is 6.64. The van der Waals surface area contributed by atoms with Crippen LogP contribution in [-0.2, 0) is 4.79 Å². The molecule has 4 aromatic rings. The molecule has 6 heteroatoms. The van der Waals surface area contributed by atoms with Gasteiger partial charge in [-0.05, 0) is 49.6 Å². The summed E-state index contributed by atoms with van der Waals surface area (Å²) in [6.07, 6.45) is 3.32. The summed E-state index contributed by atoms with van der Waals surface area (Å²) in [6.45, 7) is 2.08. The Labute approximate surface area is 197 Å². The third kappa shape index (κ3) is 3.37. The third-order valence-electron chi connectivity index (χ3n) is 6.64. The van der Waals surface area contributed by atoms with Gasteiger partial charge in [-0.25, -0.2) is 10.4 Å². The van der Waals surface area contributed by atoms with Crippen molar-refractivity contribution in [3.63, 3.8) is 0 Å². The van der Waals surface area contributed by atoms with Crippen LogP contribution in [0.5, 0.6) is 0 Å². The normalized spacial score (nSPS) is 15.6. The molecule has 2 aliphatic rings. The molecular weight excluding hydrogens is 422 g/mol. The second kappa shape index (κ2) is 7.96. The Kier molecular flexibility index (Phi) is 4.77. The molecule has 1 aliphatic heterocycles. The van der Waals surface area contributed by atoms with E-state index in [9.17, 15) is 10.1 Å². The van der Waals surface area contributed by atoms with E-state index < -0.39 is 0 Å². The Morgan fingerprint density at radius 3 is 2.53 bits per heavy atom. The van der Waals surface area contributed by atoms with Gasteiger partial charge in [0.05, 0.1) is 34.1 Å². The monoisotopic (exact) mass is 445 g/mol. The summed E-state index contributed by atoms with van der Waals surface area (Å²) in [6, 6.07) is 22.6. The SMILES string of the molecule is Cc1cc(C2=NNC(=O)CC2)cc2c1nc(C1CC1)n2-c1ccccc1-c1ccccc1C#N. The van der Waals surface area contributed by atoms with Crippen LogP contribution in [0.3, 0.4) is 0 Å². The summed E-state index contributed by atoms with van der Waals surface area (Å²) in [4.78, 5) is 16.7. The zero-order valence-electron chi connectivity index (χ0n) is 18.9. The van der Waals surface area contributed by atoms with E-state index >= 15 is 0 Å². The van der Waals surface area contributed by atoms with Crippen molar-refractivity contribution in [2.75, 3.05) is 0 Å². The van der Waals surface area contributed by atoms with Crippen LogP contribution in [0.15, 0.2) is 65.8 Å². The number of nitrogens with one attached hydrogen (secondary N) is 1. The molecule has 0 spiro atoms. The number of carbonyl (C=O) groups excluding carboxylic acids is 1. The average Bonchev–Trinajstić information content (AvgIpc) is 3.64. The summed E-state index contributed by atoms with van der Waals surface area (Å²) < 4.78 is 2.27. The van der Waals surface area contributed by atoms with Gasteiger partial charge in [0.25, 0.3) is 0 Å². The highest BCUT2D eigenvalue weighted by molar-refractivity contribution is 6.06. The van der Waals surface area contributed by atoms with Gasteiger partial charge in [-0.1, -0.05) is 36.4 Å². The molecule has 2 heterocycles. The molecule has 0 bridgehead atoms. The molecule has 0 unspecified atom stereocenters. The van der Waals surface area contributed by atoms with Crippen molar-refractivity contribution in [2.24, 2.45) is 5.10 Å². The van der Waals surface area contributed by atoms with Gasteiger partial charge < -0.3 is 0 Å². The molecule has 6 rings (SSSR count). The van der Waals surface area contributed by atoms with Crippen molar-refractivity contribution < 1.29 is 4.79 Å². The highest BCUT2D eigenvalue weighted by Gasteiger charge is 2.31. The minimum Gasteiger partial charge on any atom is -0.295 e. The number of para-hydroxylation sites is 1. The average molecular weight is 446 g/mol. The molecule has 6 nitrogen and oxygen atoms in total. The number of carbonyl (C=O) groups is 1. The molecule has 34 heavy (non-hydrogen) atoms. The predicted molar refractivity (Wildman–Crippen MR) is 132 cm³/mol. The Balaban J connectivity index is 1.62. The van der Waals surface area contributed by atoms with Gasteiger partial charge in [0, 0.05) is 35.4 Å². The van der Waals surface area contributed by atoms with E-state index in [0.29, 0.717) is 24.3 Å². The van der Waals surface area contributed by atoms with Crippen molar-refractivity contribution in [3.8, 4) is 22.9 Å². The molecule has 1 amide bonds. The molecule has 1 saturated carbocycles. The van der Waals surface area contributed by atoms with Crippen molar-refractivity contribution in [1.82, 2.24) is 15.0 Å². The largest absolute Gasteiger partial charge is 0.295 e. The van der Waals surface area contributed by atoms with E-state index in [2.05, 4.69) is 52.4 Å². The Bertz CT molecular complexity index is 1530. The maximum absolute atomic E-state index is 11.6. The van der Waals surface area contributed by atoms with Crippen LogP contribution in [0.2, 0.25) is 0 Å². The second-order valence-electron chi connectivity index (χ2n) is 9.01. The molecule has 0 saturated heterocycles. The summed E-state index contributed by atoms with van der Waals surface area (Å²) >= 11 is 0. The Hall–Kier alpha value is -4.24. The van der Waals surface area contributed by atoms with E-state index in [1.807, 2.05) is 36.4 Å². The lowest BCUT2D eigenvalue weighted by atomic mass is 9.98. The van der Waals surface area contributed by atoms with Crippen LogP contribution in [0.25, 0.3) is 27.8 Å². The fourth-order valence-corrected chi connectivity index (χ4v) is 4.79. The number of nitrogens with zero attached hydrogens (tertiary/aromatic N) is 4. The number of hydrogen-bond donors (Lipinski definition) is 1. The molecule has 1 fully saturated rings. The number of hydrazone groups is 1. The number of hydrogen-bond acceptors (Lipinski definition) is 4. The lowest BCUT2D eigenvalue weighted by molar-refractivity contribution is -0.121. The number of aryl methyl sites for hydroxylation is 1. The van der Waals surface area contributed by atoms with Crippen molar-refractivity contribution >= 4 is 22.7 Å². The van der Waals surface area contributed by atoms with Crippen LogP contribution < -0.4 is 5.43 Å². The first kappa shape index (κ1) is 20.4. The first-order valence-corrected chi connectivity index (χ1v) is 11.6. The summed E-state index contributed by atoms with van der Waals surface area (Å²) in [5.41, 5.74) is 11.2. The minimum absolute atomic E-state index is 0.0484. The fourth-order valence-electron chi connectivity index (χ4n) is 4.79. The van der Waals surface area contributed by atoms with Gasteiger partial charge in [-0.2, -0.15) is 10.4 Å². The van der Waals surface area contributed by atoms with Gasteiger partial charge in [0.1, 0.15) is 5.82 Å². The predicted octanol–water partition coefficient (Wildman–Crippen LogP) is 5.36. The first-order chi connectivity index (χ1) is 16.6. The zero-order valence-corrected chi connectivity index (χ0v) is 18.9. The van der Waals surface area contributed by atoms with Crippen LogP contribution in [0.1, 0.15) is 54.1 Å². The molecule has 0 radical (unpaired) electrons. The maximum atomic E-state index is 11.6. The lowest BCUT2D eigenvalue weighted by Crippen LogP contribution is -2.25. The molecular formula is C28H23N5O. The number of benzene rings is 3. The van der Waals surface area contributed by atoms with Gasteiger partial charge in [0.15, 0.2) is 0 Å². The molecule has 1 N–H and O–H groups in total. The smallest absolute Gasteiger partial charge is 0.240 e. The number of imidazole rings is 1. The highest BCUT2D eigenvalue weighted by atomic mass is 16.2. The van der Waals surface area contributed by atoms with E-state index in [0.717, 1.165) is 63.4 Å². The quantitative estimate of drug-likeness (QED) is 0.459. The van der Waals surface area contributed by atoms with Crippen molar-refractivity contribution in [3.05, 3.63) is 83.2 Å². The summed E-state index contributed by atoms with van der Waals surface area (Å²) in [5, 5.41) is 14.1. The Morgan fingerprint density at radius 2 is 1.79 bits per heavy atom. The summed E-state index contributed by atoms with van der Waals surface area (Å²) in [7, 11) is 0. The fraction of sp³-hybridized carbons (Fsp3) is 0.214. The first-order valence-electron chi connectivity index (χ1n) is 11.6. The van der Waals surface area contributed by atoms with E-state index in [1.165, 1.54) is 0 Å². The van der Waals surface area contributed by atoms with Gasteiger partial charge in [-0.15, -0.1) is 0 Å². The minimum atomic E-state index is -0.0484. The van der Waals surface area contributed by atoms with E-state index in [4.69, 9.17) is 4.98 Å². The molecule has 166 valence electrons. The highest BCUT2D eigenvalue weighted by Crippen LogP contribution is 2.44. The number of aromatic nitrogens is 2. The van der Waals surface area contributed by atoms with Gasteiger partial charge in [0.2, 0.25) is 5.91 Å². The standard InChI is InChI=1S/C28H23N5O/c1-17-14-20(23-12-13-26(34)32-31-23)15-25-27(17)30-28(18-10-11-18)33(25)24-9-5-4-8-22(24)21-7-3-2-6-19(21)16-29/h2-9,14-15,18H,10-13H2,1H3,(H,32,34). The van der Waals surface area contributed by atoms with Crippen LogP contribution in [-0.4, -0.2) is 21.2 Å². The van der Waals surface area contributed by atoms with Crippen molar-refractivity contribution in [1.29, 1.82) is 5.26 Å². The van der Waals surface area contributed by atoms with Crippen LogP contribution in [0, 0.1) is 18.3 Å². The topological polar surface area (TPSA) is 83.1 Å². The summed E-state index contributed by atoms with van der Waals surface area (Å²) in [5.74, 6) is 1.45. The molecule has 0 atom stereocenters. The molecule has 1 aliphatic carbocycles. The number of rotatable bonds is 4. The number of nitriles is 1. The second-order valence-corrected chi connectivity index (χ2v) is 9.01. The van der Waals surface area contributed by atoms with Crippen LogP contribution >= 0.6 is 0 Å². The van der Waals surface area contributed by atoms with E-state index in [-0.39, 0.29) is 5.91 Å². The maximum Gasteiger partial charge on any atom is 0.240 e. The number of amides is 1. The zero-order chi connectivity index (χ0) is 23.2. The molecule has 1 aromatic heterocycles. The Morgan fingerprint density at radius 1 is 1.03 bits per heavy atom. The lowest BCUT2D eigenvalue weighted by Gasteiger charge is -2.17. The van der Waals surface area contributed by atoms with Gasteiger partial charge in [-0.3, -0.25) is 9.36 Å².